The summed E-state index contributed by atoms with van der Waals surface area (Å²) in [6.07, 6.45) is 4.62. The van der Waals surface area contributed by atoms with E-state index in [1.807, 2.05) is 17.0 Å². The standard InChI is InChI=1S/C24H28N2O/c1-17(2)16-26-23-9-5-4-8-20(23)21(24(26)27)15-19-10-11-22(18(3)14-19)25-12-6-7-13-25/h4-5,8-11,14-15,17H,6-7,12-13,16H2,1-3H3/b21-15-. The van der Waals surface area contributed by atoms with Crippen LogP contribution in [0.5, 0.6) is 0 Å². The number of hydrogen-bond acceptors (Lipinski definition) is 2. The number of amides is 1. The van der Waals surface area contributed by atoms with Crippen LogP contribution in [-0.4, -0.2) is 25.5 Å². The molecule has 0 bridgehead atoms. The molecule has 2 aromatic rings. The van der Waals surface area contributed by atoms with E-state index in [-0.39, 0.29) is 5.91 Å². The van der Waals surface area contributed by atoms with Crippen molar-refractivity contribution in [1.82, 2.24) is 0 Å². The highest BCUT2D eigenvalue weighted by molar-refractivity contribution is 6.35. The number of nitrogens with zero attached hydrogens (tertiary/aromatic N) is 2. The van der Waals surface area contributed by atoms with Gasteiger partial charge in [0.1, 0.15) is 0 Å². The van der Waals surface area contributed by atoms with Gasteiger partial charge in [0, 0.05) is 36.5 Å². The van der Waals surface area contributed by atoms with Gasteiger partial charge in [0.2, 0.25) is 0 Å². The molecule has 1 amide bonds. The SMILES string of the molecule is Cc1cc(/C=C2\C(=O)N(CC(C)C)c3ccccc32)ccc1N1CCCC1. The Kier molecular flexibility index (Phi) is 4.77. The minimum Gasteiger partial charge on any atom is -0.371 e. The number of benzene rings is 2. The zero-order valence-electron chi connectivity index (χ0n) is 16.5. The van der Waals surface area contributed by atoms with E-state index in [0.29, 0.717) is 5.92 Å². The predicted molar refractivity (Wildman–Crippen MR) is 114 cm³/mol. The highest BCUT2D eigenvalue weighted by atomic mass is 16.2. The molecular weight excluding hydrogens is 332 g/mol. The molecule has 0 spiro atoms. The molecule has 0 N–H and O–H groups in total. The molecule has 2 heterocycles. The average molecular weight is 361 g/mol. The van der Waals surface area contributed by atoms with Crippen LogP contribution in [-0.2, 0) is 4.79 Å². The molecule has 0 aromatic heterocycles. The molecule has 4 rings (SSSR count). The first-order chi connectivity index (χ1) is 13.0. The molecule has 1 saturated heterocycles. The van der Waals surface area contributed by atoms with E-state index in [0.717, 1.165) is 42.0 Å². The van der Waals surface area contributed by atoms with E-state index >= 15 is 0 Å². The predicted octanol–water partition coefficient (Wildman–Crippen LogP) is 5.14. The molecule has 2 aliphatic heterocycles. The maximum Gasteiger partial charge on any atom is 0.259 e. The largest absolute Gasteiger partial charge is 0.371 e. The van der Waals surface area contributed by atoms with Gasteiger partial charge in [0.15, 0.2) is 0 Å². The third kappa shape index (κ3) is 3.39. The summed E-state index contributed by atoms with van der Waals surface area (Å²) in [6.45, 7) is 9.52. The monoisotopic (exact) mass is 360 g/mol. The van der Waals surface area contributed by atoms with Gasteiger partial charge in [-0.3, -0.25) is 4.79 Å². The van der Waals surface area contributed by atoms with Crippen molar-refractivity contribution in [3.8, 4) is 0 Å². The summed E-state index contributed by atoms with van der Waals surface area (Å²) in [7, 11) is 0. The molecule has 0 aliphatic carbocycles. The molecular formula is C24H28N2O. The van der Waals surface area contributed by atoms with E-state index < -0.39 is 0 Å². The number of hydrogen-bond donors (Lipinski definition) is 0. The molecule has 0 saturated carbocycles. The van der Waals surface area contributed by atoms with E-state index in [2.05, 4.69) is 62.1 Å². The minimum atomic E-state index is 0.117. The lowest BCUT2D eigenvalue weighted by Gasteiger charge is -2.20. The molecule has 140 valence electrons. The number of para-hydroxylation sites is 1. The van der Waals surface area contributed by atoms with Crippen molar-refractivity contribution in [1.29, 1.82) is 0 Å². The second-order valence-electron chi connectivity index (χ2n) is 8.12. The third-order valence-electron chi connectivity index (χ3n) is 5.49. The maximum atomic E-state index is 13.1. The van der Waals surface area contributed by atoms with Crippen LogP contribution in [0.15, 0.2) is 42.5 Å². The highest BCUT2D eigenvalue weighted by Crippen LogP contribution is 2.38. The van der Waals surface area contributed by atoms with Crippen molar-refractivity contribution in [2.75, 3.05) is 29.4 Å². The topological polar surface area (TPSA) is 23.6 Å². The third-order valence-corrected chi connectivity index (χ3v) is 5.49. The van der Waals surface area contributed by atoms with Crippen molar-refractivity contribution < 1.29 is 4.79 Å². The molecule has 3 heteroatoms. The summed E-state index contributed by atoms with van der Waals surface area (Å²) in [5.74, 6) is 0.550. The fraction of sp³-hybridized carbons (Fsp3) is 0.375. The van der Waals surface area contributed by atoms with Gasteiger partial charge in [-0.1, -0.05) is 38.1 Å². The van der Waals surface area contributed by atoms with Gasteiger partial charge in [-0.05, 0) is 61.1 Å². The molecule has 2 aliphatic rings. The van der Waals surface area contributed by atoms with E-state index in [9.17, 15) is 4.79 Å². The van der Waals surface area contributed by atoms with Gasteiger partial charge in [-0.2, -0.15) is 0 Å². The Morgan fingerprint density at radius 3 is 2.48 bits per heavy atom. The summed E-state index contributed by atoms with van der Waals surface area (Å²) < 4.78 is 0. The lowest BCUT2D eigenvalue weighted by Crippen LogP contribution is -2.30. The second-order valence-corrected chi connectivity index (χ2v) is 8.12. The van der Waals surface area contributed by atoms with Crippen LogP contribution in [0.4, 0.5) is 11.4 Å². The van der Waals surface area contributed by atoms with Gasteiger partial charge < -0.3 is 9.80 Å². The Labute approximate surface area is 162 Å². The Bertz CT molecular complexity index is 891. The van der Waals surface area contributed by atoms with Crippen molar-refractivity contribution in [3.63, 3.8) is 0 Å². The zero-order valence-corrected chi connectivity index (χ0v) is 16.5. The fourth-order valence-electron chi connectivity index (χ4n) is 4.24. The summed E-state index contributed by atoms with van der Waals surface area (Å²) in [6, 6.07) is 14.7. The van der Waals surface area contributed by atoms with E-state index in [1.54, 1.807) is 0 Å². The Morgan fingerprint density at radius 1 is 1.04 bits per heavy atom. The molecule has 0 radical (unpaired) electrons. The first-order valence-electron chi connectivity index (χ1n) is 10.0. The van der Waals surface area contributed by atoms with Crippen LogP contribution in [0.2, 0.25) is 0 Å². The van der Waals surface area contributed by atoms with E-state index in [1.165, 1.54) is 24.1 Å². The summed E-state index contributed by atoms with van der Waals surface area (Å²) in [5.41, 5.74) is 6.59. The Hall–Kier alpha value is -2.55. The number of aryl methyl sites for hydroxylation is 1. The smallest absolute Gasteiger partial charge is 0.259 e. The Morgan fingerprint density at radius 2 is 1.78 bits per heavy atom. The minimum absolute atomic E-state index is 0.117. The molecule has 27 heavy (non-hydrogen) atoms. The van der Waals surface area contributed by atoms with Crippen molar-refractivity contribution in [3.05, 3.63) is 59.2 Å². The summed E-state index contributed by atoms with van der Waals surface area (Å²) in [5, 5.41) is 0. The summed E-state index contributed by atoms with van der Waals surface area (Å²) in [4.78, 5) is 17.5. The molecule has 3 nitrogen and oxygen atoms in total. The van der Waals surface area contributed by atoms with Gasteiger partial charge >= 0.3 is 0 Å². The lowest BCUT2D eigenvalue weighted by atomic mass is 10.0. The van der Waals surface area contributed by atoms with Crippen LogP contribution < -0.4 is 9.80 Å². The number of carbonyl (C=O) groups is 1. The second kappa shape index (κ2) is 7.22. The van der Waals surface area contributed by atoms with Crippen molar-refractivity contribution in [2.24, 2.45) is 5.92 Å². The van der Waals surface area contributed by atoms with E-state index in [4.69, 9.17) is 0 Å². The number of rotatable bonds is 4. The first-order valence-corrected chi connectivity index (χ1v) is 10.0. The van der Waals surface area contributed by atoms with Crippen LogP contribution >= 0.6 is 0 Å². The zero-order chi connectivity index (χ0) is 19.0. The summed E-state index contributed by atoms with van der Waals surface area (Å²) >= 11 is 0. The molecule has 0 atom stereocenters. The van der Waals surface area contributed by atoms with Crippen molar-refractivity contribution in [2.45, 2.75) is 33.6 Å². The first kappa shape index (κ1) is 17.8. The van der Waals surface area contributed by atoms with Gasteiger partial charge in [0.25, 0.3) is 5.91 Å². The fourth-order valence-corrected chi connectivity index (χ4v) is 4.24. The van der Waals surface area contributed by atoms with Crippen LogP contribution in [0, 0.1) is 12.8 Å². The average Bonchev–Trinajstić information content (AvgIpc) is 3.25. The molecule has 2 aromatic carbocycles. The molecule has 1 fully saturated rings. The van der Waals surface area contributed by atoms with Gasteiger partial charge in [0.05, 0.1) is 5.69 Å². The normalized spacial score (nSPS) is 18.1. The quantitative estimate of drug-likeness (QED) is 0.705. The lowest BCUT2D eigenvalue weighted by molar-refractivity contribution is -0.113. The van der Waals surface area contributed by atoms with Crippen molar-refractivity contribution >= 4 is 28.9 Å². The van der Waals surface area contributed by atoms with Crippen LogP contribution in [0.3, 0.4) is 0 Å². The Balaban J connectivity index is 1.69. The van der Waals surface area contributed by atoms with Crippen LogP contribution in [0.25, 0.3) is 11.6 Å². The maximum absolute atomic E-state index is 13.1. The number of anilines is 2. The van der Waals surface area contributed by atoms with Gasteiger partial charge in [-0.15, -0.1) is 0 Å². The van der Waals surface area contributed by atoms with Crippen LogP contribution in [0.1, 0.15) is 43.4 Å². The number of carbonyl (C=O) groups excluding carboxylic acids is 1. The number of fused-ring (bicyclic) bond motifs is 1. The molecule has 0 unspecified atom stereocenters. The highest BCUT2D eigenvalue weighted by Gasteiger charge is 2.32. The van der Waals surface area contributed by atoms with Gasteiger partial charge in [-0.25, -0.2) is 0 Å².